The lowest BCUT2D eigenvalue weighted by Gasteiger charge is -2.14. The number of hydrogen-bond acceptors (Lipinski definition) is 5. The Hall–Kier alpha value is -2.53. The largest absolute Gasteiger partial charge is 0.497 e. The number of ether oxygens (including phenoxy) is 4. The highest BCUT2D eigenvalue weighted by molar-refractivity contribution is 5.85. The Morgan fingerprint density at radius 1 is 1.00 bits per heavy atom. The molecule has 1 heterocycles. The number of esters is 1. The first-order valence-electron chi connectivity index (χ1n) is 8.79. The number of unbranched alkanes of at least 4 members (excludes halogenated alkanes) is 1. The third-order valence-electron chi connectivity index (χ3n) is 4.59. The van der Waals surface area contributed by atoms with Crippen LogP contribution in [0.2, 0.25) is 0 Å². The summed E-state index contributed by atoms with van der Waals surface area (Å²) in [6, 6.07) is 14.9. The molecule has 2 aromatic carbocycles. The van der Waals surface area contributed by atoms with Gasteiger partial charge < -0.3 is 18.9 Å². The van der Waals surface area contributed by atoms with Crippen LogP contribution in [-0.4, -0.2) is 26.8 Å². The van der Waals surface area contributed by atoms with Crippen molar-refractivity contribution < 1.29 is 23.7 Å². The van der Waals surface area contributed by atoms with Gasteiger partial charge in [0, 0.05) is 0 Å². The minimum Gasteiger partial charge on any atom is -0.497 e. The lowest BCUT2D eigenvalue weighted by molar-refractivity contribution is -0.150. The van der Waals surface area contributed by atoms with Crippen molar-refractivity contribution in [2.45, 2.75) is 31.5 Å². The van der Waals surface area contributed by atoms with Crippen LogP contribution in [0.5, 0.6) is 11.5 Å². The summed E-state index contributed by atoms with van der Waals surface area (Å²) in [7, 11) is 3.23. The molecule has 0 radical (unpaired) electrons. The lowest BCUT2D eigenvalue weighted by atomic mass is 9.91. The average molecular weight is 356 g/mol. The van der Waals surface area contributed by atoms with Crippen LogP contribution in [-0.2, 0) is 19.9 Å². The molecular weight excluding hydrogens is 332 g/mol. The van der Waals surface area contributed by atoms with E-state index >= 15 is 0 Å². The number of hydrogen-bond donors (Lipinski definition) is 0. The SMILES string of the molecule is CCCCOC(=O)C1(c2ccc(OC)cc2)OC1c1ccc(OC)cc1. The second kappa shape index (κ2) is 7.79. The standard InChI is InChI=1S/C21H24O5/c1-4-5-14-25-20(22)21(16-8-12-18(24-3)13-9-16)19(26-21)15-6-10-17(23-2)11-7-15/h6-13,19H,4-5,14H2,1-3H3. The van der Waals surface area contributed by atoms with Crippen LogP contribution < -0.4 is 9.47 Å². The van der Waals surface area contributed by atoms with E-state index in [4.69, 9.17) is 18.9 Å². The number of rotatable bonds is 8. The maximum Gasteiger partial charge on any atom is 0.346 e. The zero-order valence-corrected chi connectivity index (χ0v) is 15.4. The first-order chi connectivity index (χ1) is 12.7. The number of epoxide rings is 1. The lowest BCUT2D eigenvalue weighted by Crippen LogP contribution is -2.26. The molecule has 0 spiro atoms. The van der Waals surface area contributed by atoms with Crippen LogP contribution >= 0.6 is 0 Å². The Morgan fingerprint density at radius 3 is 2.12 bits per heavy atom. The highest BCUT2D eigenvalue weighted by atomic mass is 16.7. The minimum absolute atomic E-state index is 0.350. The van der Waals surface area contributed by atoms with Gasteiger partial charge >= 0.3 is 5.97 Å². The van der Waals surface area contributed by atoms with E-state index in [0.717, 1.165) is 35.5 Å². The molecule has 1 aliphatic rings. The van der Waals surface area contributed by atoms with Crippen molar-refractivity contribution in [1.82, 2.24) is 0 Å². The third-order valence-corrected chi connectivity index (χ3v) is 4.59. The molecule has 2 atom stereocenters. The number of methoxy groups -OCH3 is 2. The normalized spacial score (nSPS) is 21.1. The highest BCUT2D eigenvalue weighted by Gasteiger charge is 2.65. The van der Waals surface area contributed by atoms with Gasteiger partial charge in [0.15, 0.2) is 0 Å². The second-order valence-corrected chi connectivity index (χ2v) is 6.22. The summed E-state index contributed by atoms with van der Waals surface area (Å²) in [5.41, 5.74) is 0.573. The fraction of sp³-hybridized carbons (Fsp3) is 0.381. The van der Waals surface area contributed by atoms with E-state index in [-0.39, 0.29) is 12.1 Å². The van der Waals surface area contributed by atoms with Gasteiger partial charge in [-0.05, 0) is 41.8 Å². The van der Waals surface area contributed by atoms with E-state index in [1.165, 1.54) is 0 Å². The van der Waals surface area contributed by atoms with Gasteiger partial charge in [-0.1, -0.05) is 37.6 Å². The molecule has 1 saturated heterocycles. The highest BCUT2D eigenvalue weighted by Crippen LogP contribution is 2.58. The Kier molecular flexibility index (Phi) is 5.47. The molecule has 0 aliphatic carbocycles. The zero-order valence-electron chi connectivity index (χ0n) is 15.4. The molecule has 5 nitrogen and oxygen atoms in total. The second-order valence-electron chi connectivity index (χ2n) is 6.22. The Balaban J connectivity index is 1.88. The van der Waals surface area contributed by atoms with Gasteiger partial charge in [-0.2, -0.15) is 0 Å². The fourth-order valence-electron chi connectivity index (χ4n) is 2.98. The zero-order chi connectivity index (χ0) is 18.6. The van der Waals surface area contributed by atoms with Gasteiger partial charge in [-0.3, -0.25) is 0 Å². The number of benzene rings is 2. The quantitative estimate of drug-likeness (QED) is 0.406. The van der Waals surface area contributed by atoms with Crippen molar-refractivity contribution >= 4 is 5.97 Å². The van der Waals surface area contributed by atoms with Gasteiger partial charge in [-0.25, -0.2) is 4.79 Å². The summed E-state index contributed by atoms with van der Waals surface area (Å²) < 4.78 is 21.9. The van der Waals surface area contributed by atoms with Gasteiger partial charge in [0.1, 0.15) is 17.6 Å². The predicted octanol–water partition coefficient (Wildman–Crippen LogP) is 4.01. The molecule has 3 rings (SSSR count). The first-order valence-corrected chi connectivity index (χ1v) is 8.79. The van der Waals surface area contributed by atoms with Crippen molar-refractivity contribution in [2.24, 2.45) is 0 Å². The maximum atomic E-state index is 12.9. The van der Waals surface area contributed by atoms with Crippen LogP contribution in [0.4, 0.5) is 0 Å². The molecule has 0 bridgehead atoms. The van der Waals surface area contributed by atoms with E-state index in [1.807, 2.05) is 48.5 Å². The molecule has 2 unspecified atom stereocenters. The molecule has 5 heteroatoms. The topological polar surface area (TPSA) is 57.3 Å². The predicted molar refractivity (Wildman–Crippen MR) is 97.4 cm³/mol. The van der Waals surface area contributed by atoms with Gasteiger partial charge in [0.2, 0.25) is 5.60 Å². The van der Waals surface area contributed by atoms with Gasteiger partial charge in [-0.15, -0.1) is 0 Å². The molecule has 0 amide bonds. The van der Waals surface area contributed by atoms with E-state index < -0.39 is 5.60 Å². The maximum absolute atomic E-state index is 12.9. The van der Waals surface area contributed by atoms with Gasteiger partial charge in [0.05, 0.1) is 20.8 Å². The molecule has 138 valence electrons. The Labute approximate surface area is 153 Å². The monoisotopic (exact) mass is 356 g/mol. The Morgan fingerprint density at radius 2 is 1.58 bits per heavy atom. The van der Waals surface area contributed by atoms with Crippen molar-refractivity contribution in [1.29, 1.82) is 0 Å². The van der Waals surface area contributed by atoms with E-state index in [9.17, 15) is 4.79 Å². The van der Waals surface area contributed by atoms with Crippen LogP contribution in [0.15, 0.2) is 48.5 Å². The van der Waals surface area contributed by atoms with Crippen molar-refractivity contribution in [3.05, 3.63) is 59.7 Å². The smallest absolute Gasteiger partial charge is 0.346 e. The van der Waals surface area contributed by atoms with Crippen LogP contribution in [0.25, 0.3) is 0 Å². The van der Waals surface area contributed by atoms with E-state index in [1.54, 1.807) is 14.2 Å². The van der Waals surface area contributed by atoms with Gasteiger partial charge in [0.25, 0.3) is 0 Å². The van der Waals surface area contributed by atoms with Crippen LogP contribution in [0, 0.1) is 0 Å². The minimum atomic E-state index is -1.10. The molecule has 0 saturated carbocycles. The van der Waals surface area contributed by atoms with Crippen molar-refractivity contribution in [3.63, 3.8) is 0 Å². The van der Waals surface area contributed by atoms with E-state index in [2.05, 4.69) is 6.92 Å². The summed E-state index contributed by atoms with van der Waals surface area (Å²) in [5, 5.41) is 0. The summed E-state index contributed by atoms with van der Waals surface area (Å²) >= 11 is 0. The van der Waals surface area contributed by atoms with Crippen molar-refractivity contribution in [2.75, 3.05) is 20.8 Å². The summed E-state index contributed by atoms with van der Waals surface area (Å²) in [5.74, 6) is 1.14. The third kappa shape index (κ3) is 3.40. The van der Waals surface area contributed by atoms with E-state index in [0.29, 0.717) is 6.61 Å². The summed E-state index contributed by atoms with van der Waals surface area (Å²) in [4.78, 5) is 12.9. The molecule has 1 aliphatic heterocycles. The number of carbonyl (C=O) groups excluding carboxylic acids is 1. The first kappa shape index (κ1) is 18.3. The molecular formula is C21H24O5. The van der Waals surface area contributed by atoms with Crippen LogP contribution in [0.1, 0.15) is 37.0 Å². The molecule has 26 heavy (non-hydrogen) atoms. The van der Waals surface area contributed by atoms with Crippen LogP contribution in [0.3, 0.4) is 0 Å². The number of carbonyl (C=O) groups is 1. The molecule has 0 aromatic heterocycles. The summed E-state index contributed by atoms with van der Waals surface area (Å²) in [6.07, 6.45) is 1.42. The average Bonchev–Trinajstić information content (AvgIpc) is 3.45. The van der Waals surface area contributed by atoms with Crippen molar-refractivity contribution in [3.8, 4) is 11.5 Å². The fourth-order valence-corrected chi connectivity index (χ4v) is 2.98. The molecule has 0 N–H and O–H groups in total. The molecule has 1 fully saturated rings. The summed E-state index contributed by atoms with van der Waals surface area (Å²) in [6.45, 7) is 2.45. The molecule has 2 aromatic rings. The Bertz CT molecular complexity index is 738.